The van der Waals surface area contributed by atoms with Gasteiger partial charge in [-0.2, -0.15) is 0 Å². The first-order valence-electron chi connectivity index (χ1n) is 7.46. The summed E-state index contributed by atoms with van der Waals surface area (Å²) >= 11 is 6.01. The monoisotopic (exact) mass is 549 g/mol. The molecule has 0 aromatic carbocycles. The van der Waals surface area contributed by atoms with Crippen LogP contribution in [0.15, 0.2) is 6.33 Å². The van der Waals surface area contributed by atoms with Crippen LogP contribution in [-0.2, 0) is 34.3 Å². The van der Waals surface area contributed by atoms with Gasteiger partial charge in [0.15, 0.2) is 5.79 Å². The van der Waals surface area contributed by atoms with Gasteiger partial charge in [0.1, 0.15) is 17.8 Å². The van der Waals surface area contributed by atoms with E-state index in [1.165, 1.54) is 0 Å². The van der Waals surface area contributed by atoms with Crippen molar-refractivity contribution < 1.29 is 39.4 Å². The van der Waals surface area contributed by atoms with Crippen molar-refractivity contribution >= 4 is 28.7 Å². The summed E-state index contributed by atoms with van der Waals surface area (Å²) in [5.74, 6) is -0.737. The zero-order valence-corrected chi connectivity index (χ0v) is 17.0. The summed E-state index contributed by atoms with van der Waals surface area (Å²) in [6, 6.07) is 0. The average molecular weight is 549 g/mol. The molecule has 4 heterocycles. The van der Waals surface area contributed by atoms with Crippen molar-refractivity contribution in [3.63, 3.8) is 0 Å². The normalized spacial score (nSPS) is 27.2. The van der Waals surface area contributed by atoms with E-state index in [4.69, 9.17) is 36.7 Å². The van der Waals surface area contributed by atoms with Gasteiger partial charge in [0, 0.05) is 39.6 Å². The maximum atomic E-state index is 7.60. The van der Waals surface area contributed by atoms with Gasteiger partial charge < -0.3 is 39.6 Å². The standard InChI is InChI=1S/C13H15ClN5O3.CH4O.Ir/c1-13(2)21-6-3-8(20-4-7(6)22-13)19-5-16-9-10(14)17-12(15)18-11(9)19;1-2;/h5-8H,3-4H2,1-2H3,(H-,15,17,18);2H,1H3;/q-1;;. The number of fused-ring (bicyclic) bond motifs is 2. The Labute approximate surface area is 163 Å². The third-order valence-electron chi connectivity index (χ3n) is 3.86. The molecule has 0 amide bonds. The molecule has 3 atom stereocenters. The van der Waals surface area contributed by atoms with Crippen molar-refractivity contribution in [1.82, 2.24) is 19.5 Å². The fourth-order valence-electron chi connectivity index (χ4n) is 3.01. The second-order valence-electron chi connectivity index (χ2n) is 5.90. The number of halogens is 1. The zero-order chi connectivity index (χ0) is 17.5. The van der Waals surface area contributed by atoms with Crippen molar-refractivity contribution in [2.75, 3.05) is 13.7 Å². The second kappa shape index (κ2) is 7.79. The number of aliphatic hydroxyl groups is 1. The van der Waals surface area contributed by atoms with Crippen molar-refractivity contribution in [1.29, 1.82) is 0 Å². The summed E-state index contributed by atoms with van der Waals surface area (Å²) in [5.41, 5.74) is 8.56. The molecule has 2 fully saturated rings. The Morgan fingerprint density at radius 2 is 1.96 bits per heavy atom. The predicted octanol–water partition coefficient (Wildman–Crippen LogP) is 2.21. The van der Waals surface area contributed by atoms with Gasteiger partial charge in [-0.05, 0) is 13.8 Å². The molecule has 2 aliphatic rings. The first kappa shape index (κ1) is 20.4. The molecule has 11 heteroatoms. The van der Waals surface area contributed by atoms with Gasteiger partial charge in [0.25, 0.3) is 0 Å². The number of hydrogen-bond acceptors (Lipinski definition) is 7. The summed E-state index contributed by atoms with van der Waals surface area (Å²) in [5, 5.41) is 7.17. The number of aromatic nitrogens is 4. The summed E-state index contributed by atoms with van der Waals surface area (Å²) in [4.78, 5) is 12.1. The summed E-state index contributed by atoms with van der Waals surface area (Å²) in [6.45, 7) is 4.23. The Morgan fingerprint density at radius 3 is 2.68 bits per heavy atom. The molecule has 141 valence electrons. The molecule has 1 radical (unpaired) electrons. The Hall–Kier alpha value is -0.871. The minimum atomic E-state index is -0.593. The van der Waals surface area contributed by atoms with Gasteiger partial charge in [0.2, 0.25) is 0 Å². The van der Waals surface area contributed by atoms with Crippen LogP contribution in [0.4, 0.5) is 5.95 Å². The molecule has 2 N–H and O–H groups in total. The maximum absolute atomic E-state index is 7.60. The molecular weight excluding hydrogens is 530 g/mol. The summed E-state index contributed by atoms with van der Waals surface area (Å²) in [7, 11) is 1.00. The van der Waals surface area contributed by atoms with Crippen LogP contribution >= 0.6 is 11.6 Å². The van der Waals surface area contributed by atoms with Crippen LogP contribution in [0.25, 0.3) is 16.9 Å². The van der Waals surface area contributed by atoms with Crippen LogP contribution < -0.4 is 0 Å². The molecule has 25 heavy (non-hydrogen) atoms. The van der Waals surface area contributed by atoms with Gasteiger partial charge in [-0.3, -0.25) is 0 Å². The molecule has 4 rings (SSSR count). The second-order valence-corrected chi connectivity index (χ2v) is 6.26. The van der Waals surface area contributed by atoms with Crippen molar-refractivity contribution in [2.24, 2.45) is 0 Å². The molecule has 0 aliphatic carbocycles. The summed E-state index contributed by atoms with van der Waals surface area (Å²) < 4.78 is 19.3. The number of aliphatic hydroxyl groups excluding tert-OH is 1. The third-order valence-corrected chi connectivity index (χ3v) is 4.12. The van der Waals surface area contributed by atoms with E-state index in [1.807, 2.05) is 13.8 Å². The van der Waals surface area contributed by atoms with Crippen molar-refractivity contribution in [3.8, 4) is 0 Å². The minimum absolute atomic E-state index is 0. The van der Waals surface area contributed by atoms with E-state index in [1.54, 1.807) is 10.9 Å². The van der Waals surface area contributed by atoms with E-state index in [0.29, 0.717) is 24.2 Å². The van der Waals surface area contributed by atoms with Crippen LogP contribution in [0, 0.1) is 0 Å². The van der Waals surface area contributed by atoms with E-state index in [0.717, 1.165) is 7.11 Å². The quantitative estimate of drug-likeness (QED) is 0.543. The SMILES string of the molecule is CC1(C)OC2COC(n3cnc4c(Cl)nc([NH-])nc43)CC2O1.CO.[Ir]. The molecule has 3 unspecified atom stereocenters. The Bertz CT molecular complexity index is 743. The largest absolute Gasteiger partial charge is 0.410 e. The molecule has 0 bridgehead atoms. The van der Waals surface area contributed by atoms with Gasteiger partial charge in [-0.1, -0.05) is 11.6 Å². The molecule has 0 saturated carbocycles. The number of rotatable bonds is 1. The average Bonchev–Trinajstić information content (AvgIpc) is 3.07. The zero-order valence-electron chi connectivity index (χ0n) is 13.9. The fourth-order valence-corrected chi connectivity index (χ4v) is 3.22. The van der Waals surface area contributed by atoms with Crippen LogP contribution in [0.5, 0.6) is 0 Å². The van der Waals surface area contributed by atoms with Crippen LogP contribution in [0.1, 0.15) is 26.5 Å². The van der Waals surface area contributed by atoms with Crippen LogP contribution in [0.3, 0.4) is 0 Å². The Morgan fingerprint density at radius 1 is 1.28 bits per heavy atom. The number of imidazole rings is 1. The molecule has 2 aliphatic heterocycles. The molecule has 2 aromatic heterocycles. The Kier molecular flexibility index (Phi) is 6.37. The van der Waals surface area contributed by atoms with E-state index in [2.05, 4.69) is 15.0 Å². The molecule has 2 saturated heterocycles. The van der Waals surface area contributed by atoms with Crippen LogP contribution in [-0.4, -0.2) is 56.3 Å². The molecule has 0 spiro atoms. The number of nitrogens with zero attached hydrogens (tertiary/aromatic N) is 4. The van der Waals surface area contributed by atoms with Gasteiger partial charge in [0.05, 0.1) is 29.8 Å². The van der Waals surface area contributed by atoms with E-state index in [9.17, 15) is 0 Å². The topological polar surface area (TPSA) is 115 Å². The maximum Gasteiger partial charge on any atom is 0.163 e. The molecule has 9 nitrogen and oxygen atoms in total. The first-order chi connectivity index (χ1) is 11.4. The molecular formula is C14H19ClIrN5O4-. The summed E-state index contributed by atoms with van der Waals surface area (Å²) in [6.07, 6.45) is 1.84. The Balaban J connectivity index is 0.000000726. The predicted molar refractivity (Wildman–Crippen MR) is 85.9 cm³/mol. The van der Waals surface area contributed by atoms with Gasteiger partial charge in [-0.15, -0.1) is 0 Å². The number of hydrogen-bond donors (Lipinski definition) is 1. The first-order valence-corrected chi connectivity index (χ1v) is 7.84. The number of ether oxygens (including phenoxy) is 3. The minimum Gasteiger partial charge on any atom is -0.410 e. The molecule has 2 aromatic rings. The fraction of sp³-hybridized carbons (Fsp3) is 0.643. The van der Waals surface area contributed by atoms with Crippen LogP contribution in [0.2, 0.25) is 5.15 Å². The number of nitrogens with one attached hydrogen (secondary N) is 1. The van der Waals surface area contributed by atoms with E-state index >= 15 is 0 Å². The van der Waals surface area contributed by atoms with Crippen molar-refractivity contribution in [2.45, 2.75) is 44.5 Å². The smallest absolute Gasteiger partial charge is 0.163 e. The van der Waals surface area contributed by atoms with E-state index in [-0.39, 0.29) is 49.6 Å². The van der Waals surface area contributed by atoms with Gasteiger partial charge in [-0.25, -0.2) is 4.98 Å². The van der Waals surface area contributed by atoms with E-state index < -0.39 is 5.79 Å². The van der Waals surface area contributed by atoms with Crippen molar-refractivity contribution in [3.05, 3.63) is 17.2 Å². The van der Waals surface area contributed by atoms with Gasteiger partial charge >= 0.3 is 0 Å². The third kappa shape index (κ3) is 3.95.